The highest BCUT2D eigenvalue weighted by Gasteiger charge is 2.17. The maximum absolute atomic E-state index is 13.3. The highest BCUT2D eigenvalue weighted by Crippen LogP contribution is 2.20. The van der Waals surface area contributed by atoms with E-state index in [1.807, 2.05) is 46.8 Å². The third-order valence-electron chi connectivity index (χ3n) is 5.57. The zero-order chi connectivity index (χ0) is 24.2. The molecule has 1 aliphatic rings. The summed E-state index contributed by atoms with van der Waals surface area (Å²) in [6.45, 7) is 6.19. The second-order valence-corrected chi connectivity index (χ2v) is 9.59. The fourth-order valence-corrected chi connectivity index (χ4v) is 5.12. The van der Waals surface area contributed by atoms with E-state index < -0.39 is 24.0 Å². The van der Waals surface area contributed by atoms with Crippen molar-refractivity contribution >= 4 is 29.3 Å². The predicted molar refractivity (Wildman–Crippen MR) is 135 cm³/mol. The molecule has 1 atom stereocenters. The molecule has 2 aromatic rings. The number of hydrogen-bond acceptors (Lipinski definition) is 5. The number of hydrogen-bond donors (Lipinski definition) is 0. The summed E-state index contributed by atoms with van der Waals surface area (Å²) in [7, 11) is -1.19. The molecule has 0 aromatic heterocycles. The Hall–Kier alpha value is -2.65. The van der Waals surface area contributed by atoms with Crippen LogP contribution in [0.3, 0.4) is 0 Å². The van der Waals surface area contributed by atoms with E-state index in [9.17, 15) is 13.0 Å². The Morgan fingerprint density at radius 1 is 1.09 bits per heavy atom. The number of piperidine rings is 1. The van der Waals surface area contributed by atoms with E-state index in [0.717, 1.165) is 37.3 Å². The molecule has 0 N–H and O–H groups in total. The Kier molecular flexibility index (Phi) is 10.6. The van der Waals surface area contributed by atoms with Crippen molar-refractivity contribution in [3.05, 3.63) is 65.7 Å². The van der Waals surface area contributed by atoms with Crippen molar-refractivity contribution in [3.8, 4) is 0 Å². The first-order valence-corrected chi connectivity index (χ1v) is 12.8. The van der Waals surface area contributed by atoms with Crippen molar-refractivity contribution in [2.45, 2.75) is 38.7 Å². The molecule has 184 valence electrons. The van der Waals surface area contributed by atoms with E-state index in [1.54, 1.807) is 12.1 Å². The Morgan fingerprint density at radius 3 is 2.44 bits per heavy atom. The molecule has 0 bridgehead atoms. The van der Waals surface area contributed by atoms with Gasteiger partial charge in [0.25, 0.3) is 6.43 Å². The van der Waals surface area contributed by atoms with Gasteiger partial charge in [0.2, 0.25) is 5.90 Å². The zero-order valence-corrected chi connectivity index (χ0v) is 20.1. The maximum Gasteiger partial charge on any atom is 0.272 e. The van der Waals surface area contributed by atoms with Gasteiger partial charge in [0, 0.05) is 23.7 Å². The van der Waals surface area contributed by atoms with Gasteiger partial charge in [-0.1, -0.05) is 36.8 Å². The predicted octanol–water partition coefficient (Wildman–Crippen LogP) is 4.88. The highest BCUT2D eigenvalue weighted by molar-refractivity contribution is 7.86. The summed E-state index contributed by atoms with van der Waals surface area (Å²) in [4.78, 5) is 2.46. The number of benzene rings is 2. The minimum absolute atomic E-state index is 0.0111. The van der Waals surface area contributed by atoms with Crippen molar-refractivity contribution in [1.29, 1.82) is 0 Å². The van der Waals surface area contributed by atoms with Gasteiger partial charge in [-0.15, -0.1) is 5.10 Å². The van der Waals surface area contributed by atoms with Gasteiger partial charge in [-0.05, 0) is 68.7 Å². The monoisotopic (exact) mass is 490 g/mol. The fourth-order valence-electron chi connectivity index (χ4n) is 3.87. The van der Waals surface area contributed by atoms with E-state index in [4.69, 9.17) is 4.74 Å². The molecule has 1 heterocycles. The van der Waals surface area contributed by atoms with Crippen LogP contribution in [0.4, 0.5) is 14.5 Å². The Bertz CT molecular complexity index is 936. The minimum Gasteiger partial charge on any atom is -0.470 e. The summed E-state index contributed by atoms with van der Waals surface area (Å²) < 4.78 is 45.3. The van der Waals surface area contributed by atoms with Crippen LogP contribution in [-0.2, 0) is 22.3 Å². The summed E-state index contributed by atoms with van der Waals surface area (Å²) in [6, 6.07) is 16.9. The van der Waals surface area contributed by atoms with E-state index in [0.29, 0.717) is 17.9 Å². The molecule has 1 aliphatic heterocycles. The van der Waals surface area contributed by atoms with Gasteiger partial charge < -0.3 is 9.64 Å². The first-order chi connectivity index (χ1) is 16.6. The molecule has 2 aromatic carbocycles. The van der Waals surface area contributed by atoms with E-state index in [1.165, 1.54) is 19.3 Å². The maximum atomic E-state index is 13.3. The van der Waals surface area contributed by atoms with Crippen molar-refractivity contribution in [2.24, 2.45) is 10.2 Å². The molecule has 6 nitrogen and oxygen atoms in total. The second-order valence-electron chi connectivity index (χ2n) is 8.10. The average molecular weight is 491 g/mol. The van der Waals surface area contributed by atoms with E-state index >= 15 is 0 Å². The van der Waals surface area contributed by atoms with Crippen LogP contribution in [0.2, 0.25) is 0 Å². The highest BCUT2D eigenvalue weighted by atomic mass is 32.2. The normalized spacial score (nSPS) is 15.8. The molecular formula is C25H32F2N4O2S. The van der Waals surface area contributed by atoms with Crippen LogP contribution in [0, 0.1) is 0 Å². The molecule has 3 rings (SSSR count). The molecule has 1 fully saturated rings. The summed E-state index contributed by atoms with van der Waals surface area (Å²) in [5, 5.41) is 7.12. The van der Waals surface area contributed by atoms with Gasteiger partial charge >= 0.3 is 0 Å². The van der Waals surface area contributed by atoms with Crippen molar-refractivity contribution in [2.75, 3.05) is 36.3 Å². The van der Waals surface area contributed by atoms with Gasteiger partial charge in [0.05, 0.1) is 6.54 Å². The molecule has 34 heavy (non-hydrogen) atoms. The van der Waals surface area contributed by atoms with Crippen LogP contribution in [0.25, 0.3) is 0 Å². The lowest BCUT2D eigenvalue weighted by Crippen LogP contribution is -2.33. The minimum atomic E-state index is -2.61. The van der Waals surface area contributed by atoms with Gasteiger partial charge in [-0.3, -0.25) is 4.31 Å². The van der Waals surface area contributed by atoms with Crippen LogP contribution in [0.1, 0.15) is 36.8 Å². The number of nitrogens with zero attached hydrogens (tertiary/aromatic N) is 4. The molecule has 0 aliphatic carbocycles. The van der Waals surface area contributed by atoms with Crippen LogP contribution in [0.15, 0.2) is 64.8 Å². The van der Waals surface area contributed by atoms with Crippen LogP contribution < -0.4 is 4.31 Å². The Labute approximate surface area is 202 Å². The molecule has 9 heteroatoms. The first kappa shape index (κ1) is 26.0. The lowest BCUT2D eigenvalue weighted by atomic mass is 10.1. The van der Waals surface area contributed by atoms with Crippen molar-refractivity contribution in [3.63, 3.8) is 0 Å². The summed E-state index contributed by atoms with van der Waals surface area (Å²) in [6.07, 6.45) is 2.07. The third kappa shape index (κ3) is 8.29. The van der Waals surface area contributed by atoms with E-state index in [-0.39, 0.29) is 5.90 Å². The van der Waals surface area contributed by atoms with Crippen LogP contribution in [0.5, 0.6) is 0 Å². The van der Waals surface area contributed by atoms with Crippen molar-refractivity contribution < 1.29 is 17.7 Å². The molecule has 0 amide bonds. The Morgan fingerprint density at radius 2 is 1.79 bits per heavy atom. The molecule has 0 saturated carbocycles. The SMILES string of the molecule is C=N/N=C(\OCC(F)F)c1ccc(CN(c2ccccc2)S(=O)CCCN2CCCCC2)cc1. The number of likely N-dealkylation sites (tertiary alicyclic amines) is 1. The van der Waals surface area contributed by atoms with Gasteiger partial charge in [-0.2, -0.15) is 5.10 Å². The third-order valence-corrected chi connectivity index (χ3v) is 7.04. The van der Waals surface area contributed by atoms with Gasteiger partial charge in [0.15, 0.2) is 6.61 Å². The van der Waals surface area contributed by atoms with Gasteiger partial charge in [-0.25, -0.2) is 13.0 Å². The summed E-state index contributed by atoms with van der Waals surface area (Å²) in [5.74, 6) is 0.579. The molecule has 0 radical (unpaired) electrons. The molecular weight excluding hydrogens is 458 g/mol. The lowest BCUT2D eigenvalue weighted by molar-refractivity contribution is 0.0765. The fraction of sp³-hybridized carbons (Fsp3) is 0.440. The number of ether oxygens (including phenoxy) is 1. The smallest absolute Gasteiger partial charge is 0.272 e. The average Bonchev–Trinajstić information content (AvgIpc) is 2.86. The number of halogens is 2. The van der Waals surface area contributed by atoms with Gasteiger partial charge in [0.1, 0.15) is 11.0 Å². The number of anilines is 1. The number of rotatable bonds is 12. The molecule has 1 saturated heterocycles. The largest absolute Gasteiger partial charge is 0.470 e. The van der Waals surface area contributed by atoms with Crippen LogP contribution >= 0.6 is 0 Å². The number of para-hydroxylation sites is 1. The summed E-state index contributed by atoms with van der Waals surface area (Å²) in [5.41, 5.74) is 2.34. The second kappa shape index (κ2) is 13.9. The van der Waals surface area contributed by atoms with E-state index in [2.05, 4.69) is 21.8 Å². The standard InChI is InChI=1S/C25H32F2N4O2S/c1-28-29-25(33-20-24(26)27)22-13-11-21(12-14-22)19-31(23-9-4-2-5-10-23)34(32)18-8-17-30-15-6-3-7-16-30/h2,4-5,9-14,24H,1,3,6-8,15-20H2/b29-25-. The van der Waals surface area contributed by atoms with Crippen LogP contribution in [-0.4, -0.2) is 60.1 Å². The summed E-state index contributed by atoms with van der Waals surface area (Å²) >= 11 is 0. The lowest BCUT2D eigenvalue weighted by Gasteiger charge is -2.27. The Balaban J connectivity index is 1.66. The van der Waals surface area contributed by atoms with Crippen molar-refractivity contribution in [1.82, 2.24) is 4.90 Å². The number of alkyl halides is 2. The topological polar surface area (TPSA) is 57.5 Å². The first-order valence-electron chi connectivity index (χ1n) is 11.5. The molecule has 1 unspecified atom stereocenters. The molecule has 0 spiro atoms. The quantitative estimate of drug-likeness (QED) is 0.242. The zero-order valence-electron chi connectivity index (χ0n) is 19.3.